The Bertz CT molecular complexity index is 782. The van der Waals surface area contributed by atoms with Gasteiger partial charge in [0.25, 0.3) is 0 Å². The first-order valence-electron chi connectivity index (χ1n) is 11.2. The number of benzene rings is 2. The van der Waals surface area contributed by atoms with E-state index in [4.69, 9.17) is 23.7 Å². The molecule has 2 aromatic rings. The van der Waals surface area contributed by atoms with Gasteiger partial charge < -0.3 is 29.0 Å². The predicted molar refractivity (Wildman–Crippen MR) is 122 cm³/mol. The molecular weight excluding hydrogens is 410 g/mol. The molecule has 2 aromatic carbocycles. The number of nitrogens with one attached hydrogen (secondary N) is 1. The number of hydrogen-bond acceptors (Lipinski definition) is 6. The van der Waals surface area contributed by atoms with E-state index in [9.17, 15) is 4.79 Å². The summed E-state index contributed by atoms with van der Waals surface area (Å²) in [7, 11) is 0. The third kappa shape index (κ3) is 7.31. The molecule has 32 heavy (non-hydrogen) atoms. The zero-order chi connectivity index (χ0) is 22.4. The van der Waals surface area contributed by atoms with E-state index >= 15 is 0 Å². The van der Waals surface area contributed by atoms with E-state index < -0.39 is 6.09 Å². The van der Waals surface area contributed by atoms with Crippen LogP contribution >= 0.6 is 0 Å². The molecule has 0 atom stereocenters. The molecule has 7 heteroatoms. The standard InChI is InChI=1S/C25H33NO6/c1-2-28-13-14-30-17-18-31-16-15-29-12-11-26-25(27)32-19-24-22-9-5-3-7-20(22)21-8-4-6-10-23(21)24/h3-10,24H,2,11-19H2,1H3,(H,26,27). The quantitative estimate of drug-likeness (QED) is 0.424. The van der Waals surface area contributed by atoms with Crippen molar-refractivity contribution in [3.05, 3.63) is 59.7 Å². The monoisotopic (exact) mass is 443 g/mol. The molecule has 0 aromatic heterocycles. The molecule has 1 amide bonds. The summed E-state index contributed by atoms with van der Waals surface area (Å²) in [5.41, 5.74) is 4.82. The van der Waals surface area contributed by atoms with E-state index in [1.807, 2.05) is 31.2 Å². The summed E-state index contributed by atoms with van der Waals surface area (Å²) in [6, 6.07) is 16.6. The second-order valence-electron chi connectivity index (χ2n) is 7.29. The lowest BCUT2D eigenvalue weighted by Gasteiger charge is -2.14. The Morgan fingerprint density at radius 3 is 1.81 bits per heavy atom. The van der Waals surface area contributed by atoms with Crippen molar-refractivity contribution in [3.63, 3.8) is 0 Å². The van der Waals surface area contributed by atoms with Gasteiger partial charge in [-0.1, -0.05) is 48.5 Å². The Hall–Kier alpha value is -2.45. The van der Waals surface area contributed by atoms with E-state index in [-0.39, 0.29) is 5.92 Å². The zero-order valence-corrected chi connectivity index (χ0v) is 18.7. The molecule has 0 spiro atoms. The second kappa shape index (κ2) is 13.9. The zero-order valence-electron chi connectivity index (χ0n) is 18.7. The molecule has 0 unspecified atom stereocenters. The van der Waals surface area contributed by atoms with Crippen LogP contribution in [0.25, 0.3) is 11.1 Å². The van der Waals surface area contributed by atoms with Gasteiger partial charge >= 0.3 is 6.09 Å². The molecule has 0 radical (unpaired) electrons. The molecule has 0 fully saturated rings. The van der Waals surface area contributed by atoms with Crippen molar-refractivity contribution in [3.8, 4) is 11.1 Å². The van der Waals surface area contributed by atoms with Crippen LogP contribution < -0.4 is 5.32 Å². The fourth-order valence-corrected chi connectivity index (χ4v) is 3.68. The number of ether oxygens (including phenoxy) is 5. The van der Waals surface area contributed by atoms with Crippen molar-refractivity contribution >= 4 is 6.09 Å². The maximum absolute atomic E-state index is 12.1. The van der Waals surface area contributed by atoms with Gasteiger partial charge in [0.2, 0.25) is 0 Å². The average Bonchev–Trinajstić information content (AvgIpc) is 3.14. The molecule has 0 aliphatic heterocycles. The maximum Gasteiger partial charge on any atom is 0.407 e. The minimum absolute atomic E-state index is 0.0599. The molecule has 0 bridgehead atoms. The maximum atomic E-state index is 12.1. The van der Waals surface area contributed by atoms with Gasteiger partial charge in [-0.15, -0.1) is 0 Å². The van der Waals surface area contributed by atoms with Crippen LogP contribution in [-0.4, -0.2) is 72.1 Å². The Balaban J connectivity index is 1.23. The molecule has 0 heterocycles. The molecule has 0 saturated carbocycles. The summed E-state index contributed by atoms with van der Waals surface area (Å²) in [6.45, 7) is 6.95. The first-order chi connectivity index (χ1) is 15.8. The van der Waals surface area contributed by atoms with Gasteiger partial charge in [-0.3, -0.25) is 0 Å². The Morgan fingerprint density at radius 1 is 0.750 bits per heavy atom. The Kier molecular flexibility index (Phi) is 10.5. The molecule has 1 N–H and O–H groups in total. The smallest absolute Gasteiger partial charge is 0.407 e. The molecule has 1 aliphatic carbocycles. The number of rotatable bonds is 15. The number of fused-ring (bicyclic) bond motifs is 3. The van der Waals surface area contributed by atoms with Crippen LogP contribution in [0.3, 0.4) is 0 Å². The van der Waals surface area contributed by atoms with Crippen molar-refractivity contribution in [1.82, 2.24) is 5.32 Å². The van der Waals surface area contributed by atoms with E-state index in [2.05, 4.69) is 29.6 Å². The number of carbonyl (C=O) groups excluding carboxylic acids is 1. The molecule has 1 aliphatic rings. The minimum atomic E-state index is -0.434. The van der Waals surface area contributed by atoms with Crippen LogP contribution in [-0.2, 0) is 23.7 Å². The fraction of sp³-hybridized carbons (Fsp3) is 0.480. The molecule has 0 saturated heterocycles. The number of alkyl carbamates (subject to hydrolysis) is 1. The topological polar surface area (TPSA) is 75.3 Å². The third-order valence-corrected chi connectivity index (χ3v) is 5.18. The van der Waals surface area contributed by atoms with Crippen LogP contribution in [0, 0.1) is 0 Å². The molecule has 3 rings (SSSR count). The van der Waals surface area contributed by atoms with Gasteiger partial charge in [0.05, 0.1) is 46.2 Å². The number of amides is 1. The Labute approximate surface area is 190 Å². The van der Waals surface area contributed by atoms with Crippen molar-refractivity contribution in [2.24, 2.45) is 0 Å². The summed E-state index contributed by atoms with van der Waals surface area (Å²) in [4.78, 5) is 12.1. The summed E-state index contributed by atoms with van der Waals surface area (Å²) < 4.78 is 26.9. The molecule has 7 nitrogen and oxygen atoms in total. The molecule has 174 valence electrons. The van der Waals surface area contributed by atoms with Crippen molar-refractivity contribution < 1.29 is 28.5 Å². The van der Waals surface area contributed by atoms with Gasteiger partial charge in [-0.2, -0.15) is 0 Å². The highest BCUT2D eigenvalue weighted by atomic mass is 16.6. The number of carbonyl (C=O) groups is 1. The summed E-state index contributed by atoms with van der Waals surface area (Å²) in [5.74, 6) is 0.0599. The normalized spacial score (nSPS) is 12.4. The summed E-state index contributed by atoms with van der Waals surface area (Å²) >= 11 is 0. The summed E-state index contributed by atoms with van der Waals surface area (Å²) in [5, 5.41) is 2.73. The van der Waals surface area contributed by atoms with E-state index in [0.717, 1.165) is 0 Å². The van der Waals surface area contributed by atoms with Crippen LogP contribution in [0.2, 0.25) is 0 Å². The van der Waals surface area contributed by atoms with Gasteiger partial charge in [-0.25, -0.2) is 4.79 Å². The summed E-state index contributed by atoms with van der Waals surface area (Å²) in [6.07, 6.45) is -0.434. The van der Waals surface area contributed by atoms with Crippen LogP contribution in [0.4, 0.5) is 4.79 Å². The number of hydrogen-bond donors (Lipinski definition) is 1. The lowest BCUT2D eigenvalue weighted by atomic mass is 9.98. The van der Waals surface area contributed by atoms with Gasteiger partial charge in [0, 0.05) is 19.1 Å². The third-order valence-electron chi connectivity index (χ3n) is 5.18. The highest BCUT2D eigenvalue weighted by Gasteiger charge is 2.28. The fourth-order valence-electron chi connectivity index (χ4n) is 3.68. The van der Waals surface area contributed by atoms with Gasteiger partial charge in [-0.05, 0) is 29.2 Å². The van der Waals surface area contributed by atoms with Gasteiger partial charge in [0.15, 0.2) is 0 Å². The van der Waals surface area contributed by atoms with E-state index in [1.54, 1.807) is 0 Å². The minimum Gasteiger partial charge on any atom is -0.449 e. The van der Waals surface area contributed by atoms with E-state index in [0.29, 0.717) is 66.0 Å². The highest BCUT2D eigenvalue weighted by Crippen LogP contribution is 2.44. The predicted octanol–water partition coefficient (Wildman–Crippen LogP) is 3.61. The van der Waals surface area contributed by atoms with Crippen molar-refractivity contribution in [2.45, 2.75) is 12.8 Å². The molecular formula is C25H33NO6. The first kappa shape index (κ1) is 24.2. The van der Waals surface area contributed by atoms with Crippen LogP contribution in [0.15, 0.2) is 48.5 Å². The van der Waals surface area contributed by atoms with Crippen LogP contribution in [0.1, 0.15) is 24.0 Å². The van der Waals surface area contributed by atoms with Crippen molar-refractivity contribution in [1.29, 1.82) is 0 Å². The average molecular weight is 444 g/mol. The van der Waals surface area contributed by atoms with Crippen LogP contribution in [0.5, 0.6) is 0 Å². The van der Waals surface area contributed by atoms with Gasteiger partial charge in [0.1, 0.15) is 6.61 Å². The first-order valence-corrected chi connectivity index (χ1v) is 11.2. The van der Waals surface area contributed by atoms with E-state index in [1.165, 1.54) is 22.3 Å². The lowest BCUT2D eigenvalue weighted by molar-refractivity contribution is -0.000117. The SMILES string of the molecule is CCOCCOCCOCCOCCNC(=O)OCC1c2ccccc2-c2ccccc21. The highest BCUT2D eigenvalue weighted by molar-refractivity contribution is 5.79. The largest absolute Gasteiger partial charge is 0.449 e. The second-order valence-corrected chi connectivity index (χ2v) is 7.29. The van der Waals surface area contributed by atoms with Crippen molar-refractivity contribution in [2.75, 3.05) is 66.0 Å². The lowest BCUT2D eigenvalue weighted by Crippen LogP contribution is -2.29. The Morgan fingerprint density at radius 2 is 1.25 bits per heavy atom.